The number of rotatable bonds is 8. The highest BCUT2D eigenvalue weighted by Gasteiger charge is 2.09. The lowest BCUT2D eigenvalue weighted by molar-refractivity contribution is -0.124. The number of aryl methyl sites for hydroxylation is 1. The molecule has 0 aliphatic heterocycles. The van der Waals surface area contributed by atoms with Crippen LogP contribution in [0.25, 0.3) is 0 Å². The molecule has 4 nitrogen and oxygen atoms in total. The van der Waals surface area contributed by atoms with E-state index >= 15 is 0 Å². The number of unbranched alkanes of at least 4 members (excludes halogenated alkanes) is 1. The van der Waals surface area contributed by atoms with E-state index in [0.29, 0.717) is 5.92 Å². The normalized spacial score (nSPS) is 10.7. The van der Waals surface area contributed by atoms with Crippen molar-refractivity contribution in [2.45, 2.75) is 46.5 Å². The van der Waals surface area contributed by atoms with E-state index in [1.807, 2.05) is 13.0 Å². The molecule has 0 aromatic heterocycles. The standard InChI is InChI=1S/C16H26N2O2/c1-5-6-9-17-18-16(19)11-20-15-10-13(4)7-8-14(15)12(2)3/h7-8,10,12,17H,5-6,9,11H2,1-4H3,(H,18,19). The Labute approximate surface area is 121 Å². The quantitative estimate of drug-likeness (QED) is 0.568. The highest BCUT2D eigenvalue weighted by atomic mass is 16.5. The number of ether oxygens (including phenoxy) is 1. The summed E-state index contributed by atoms with van der Waals surface area (Å²) in [5.41, 5.74) is 7.79. The number of hydrazine groups is 1. The first kappa shape index (κ1) is 16.5. The third kappa shape index (κ3) is 5.61. The third-order valence-corrected chi connectivity index (χ3v) is 3.03. The molecule has 0 bridgehead atoms. The van der Waals surface area contributed by atoms with Gasteiger partial charge in [0.2, 0.25) is 0 Å². The van der Waals surface area contributed by atoms with Gasteiger partial charge in [0.15, 0.2) is 6.61 Å². The van der Waals surface area contributed by atoms with Gasteiger partial charge in [-0.2, -0.15) is 0 Å². The minimum Gasteiger partial charge on any atom is -0.483 e. The molecule has 0 aliphatic rings. The molecule has 4 heteroatoms. The smallest absolute Gasteiger partial charge is 0.271 e. The van der Waals surface area contributed by atoms with E-state index in [9.17, 15) is 4.79 Å². The van der Waals surface area contributed by atoms with Crippen LogP contribution in [0, 0.1) is 6.92 Å². The molecule has 0 unspecified atom stereocenters. The Morgan fingerprint density at radius 3 is 2.75 bits per heavy atom. The summed E-state index contributed by atoms with van der Waals surface area (Å²) >= 11 is 0. The van der Waals surface area contributed by atoms with Crippen LogP contribution in [0.2, 0.25) is 0 Å². The molecule has 1 amide bonds. The fourth-order valence-electron chi connectivity index (χ4n) is 1.85. The summed E-state index contributed by atoms with van der Waals surface area (Å²) in [6.07, 6.45) is 2.14. The maximum atomic E-state index is 11.6. The van der Waals surface area contributed by atoms with E-state index in [0.717, 1.165) is 36.3 Å². The fraction of sp³-hybridized carbons (Fsp3) is 0.562. The Hall–Kier alpha value is -1.55. The highest BCUT2D eigenvalue weighted by Crippen LogP contribution is 2.27. The zero-order valence-corrected chi connectivity index (χ0v) is 13.0. The number of carbonyl (C=O) groups excluding carboxylic acids is 1. The van der Waals surface area contributed by atoms with Crippen LogP contribution in [0.3, 0.4) is 0 Å². The van der Waals surface area contributed by atoms with Crippen molar-refractivity contribution in [2.75, 3.05) is 13.2 Å². The van der Waals surface area contributed by atoms with Gasteiger partial charge in [0.25, 0.3) is 5.91 Å². The van der Waals surface area contributed by atoms with Gasteiger partial charge in [-0.05, 0) is 36.5 Å². The van der Waals surface area contributed by atoms with Crippen molar-refractivity contribution >= 4 is 5.91 Å². The molecule has 1 rings (SSSR count). The number of benzene rings is 1. The van der Waals surface area contributed by atoms with Crippen LogP contribution in [0.4, 0.5) is 0 Å². The summed E-state index contributed by atoms with van der Waals surface area (Å²) in [6.45, 7) is 9.17. The molecule has 0 heterocycles. The van der Waals surface area contributed by atoms with Crippen molar-refractivity contribution in [2.24, 2.45) is 0 Å². The summed E-state index contributed by atoms with van der Waals surface area (Å²) in [6, 6.07) is 6.11. The topological polar surface area (TPSA) is 50.4 Å². The van der Waals surface area contributed by atoms with Crippen LogP contribution in [-0.2, 0) is 4.79 Å². The predicted molar refractivity (Wildman–Crippen MR) is 81.8 cm³/mol. The molecule has 20 heavy (non-hydrogen) atoms. The average Bonchev–Trinajstić information content (AvgIpc) is 2.41. The van der Waals surface area contributed by atoms with Gasteiger partial charge in [-0.25, -0.2) is 5.43 Å². The molecule has 1 aromatic rings. The van der Waals surface area contributed by atoms with Crippen LogP contribution in [0.15, 0.2) is 18.2 Å². The number of carbonyl (C=O) groups is 1. The molecular formula is C16H26N2O2. The van der Waals surface area contributed by atoms with Gasteiger partial charge in [-0.15, -0.1) is 0 Å². The second kappa shape index (κ2) is 8.59. The van der Waals surface area contributed by atoms with E-state index in [1.54, 1.807) is 0 Å². The first-order valence-electron chi connectivity index (χ1n) is 7.29. The monoisotopic (exact) mass is 278 g/mol. The first-order chi connectivity index (χ1) is 9.54. The van der Waals surface area contributed by atoms with Gasteiger partial charge in [0.05, 0.1) is 0 Å². The average molecular weight is 278 g/mol. The SMILES string of the molecule is CCCCNNC(=O)COc1cc(C)ccc1C(C)C. The molecule has 0 radical (unpaired) electrons. The molecular weight excluding hydrogens is 252 g/mol. The molecule has 0 fully saturated rings. The Morgan fingerprint density at radius 1 is 1.35 bits per heavy atom. The van der Waals surface area contributed by atoms with Crippen LogP contribution in [-0.4, -0.2) is 19.1 Å². The van der Waals surface area contributed by atoms with Crippen molar-refractivity contribution in [3.63, 3.8) is 0 Å². The number of hydrogen-bond donors (Lipinski definition) is 2. The number of amides is 1. The number of hydrogen-bond acceptors (Lipinski definition) is 3. The summed E-state index contributed by atoms with van der Waals surface area (Å²) < 4.78 is 5.65. The zero-order valence-electron chi connectivity index (χ0n) is 13.0. The lowest BCUT2D eigenvalue weighted by Gasteiger charge is -2.15. The summed E-state index contributed by atoms with van der Waals surface area (Å²) in [5.74, 6) is 1.01. The van der Waals surface area contributed by atoms with Crippen LogP contribution in [0.5, 0.6) is 5.75 Å². The van der Waals surface area contributed by atoms with E-state index in [2.05, 4.69) is 43.8 Å². The van der Waals surface area contributed by atoms with Crippen molar-refractivity contribution in [1.82, 2.24) is 10.9 Å². The second-order valence-corrected chi connectivity index (χ2v) is 5.31. The maximum Gasteiger partial charge on any atom is 0.271 e. The first-order valence-corrected chi connectivity index (χ1v) is 7.29. The fourth-order valence-corrected chi connectivity index (χ4v) is 1.85. The molecule has 0 spiro atoms. The van der Waals surface area contributed by atoms with Gasteiger partial charge < -0.3 is 4.74 Å². The van der Waals surface area contributed by atoms with Crippen molar-refractivity contribution in [1.29, 1.82) is 0 Å². The van der Waals surface area contributed by atoms with Gasteiger partial charge in [0.1, 0.15) is 5.75 Å². The number of nitrogens with one attached hydrogen (secondary N) is 2. The van der Waals surface area contributed by atoms with Crippen molar-refractivity contribution in [3.05, 3.63) is 29.3 Å². The largest absolute Gasteiger partial charge is 0.483 e. The molecule has 2 N–H and O–H groups in total. The van der Waals surface area contributed by atoms with E-state index < -0.39 is 0 Å². The van der Waals surface area contributed by atoms with Crippen LogP contribution in [0.1, 0.15) is 50.7 Å². The van der Waals surface area contributed by atoms with Crippen LogP contribution >= 0.6 is 0 Å². The molecule has 112 valence electrons. The van der Waals surface area contributed by atoms with Crippen molar-refractivity contribution in [3.8, 4) is 5.75 Å². The third-order valence-electron chi connectivity index (χ3n) is 3.03. The molecule has 0 atom stereocenters. The van der Waals surface area contributed by atoms with Gasteiger partial charge in [-0.3, -0.25) is 10.2 Å². The zero-order chi connectivity index (χ0) is 15.0. The van der Waals surface area contributed by atoms with Gasteiger partial charge in [0, 0.05) is 6.54 Å². The van der Waals surface area contributed by atoms with Crippen LogP contribution < -0.4 is 15.6 Å². The Bertz CT molecular complexity index is 430. The Morgan fingerprint density at radius 2 is 2.10 bits per heavy atom. The van der Waals surface area contributed by atoms with E-state index in [-0.39, 0.29) is 12.5 Å². The molecule has 1 aromatic carbocycles. The summed E-state index contributed by atoms with van der Waals surface area (Å²) in [7, 11) is 0. The minimum atomic E-state index is -0.155. The van der Waals surface area contributed by atoms with E-state index in [1.165, 1.54) is 0 Å². The lowest BCUT2D eigenvalue weighted by Crippen LogP contribution is -2.40. The molecule has 0 saturated heterocycles. The maximum absolute atomic E-state index is 11.6. The lowest BCUT2D eigenvalue weighted by atomic mass is 10.0. The summed E-state index contributed by atoms with van der Waals surface area (Å²) in [4.78, 5) is 11.6. The minimum absolute atomic E-state index is 0.0301. The predicted octanol–water partition coefficient (Wildman–Crippen LogP) is 2.92. The Kier molecular flexibility index (Phi) is 7.09. The molecule has 0 saturated carbocycles. The Balaban J connectivity index is 2.48. The van der Waals surface area contributed by atoms with E-state index in [4.69, 9.17) is 4.74 Å². The van der Waals surface area contributed by atoms with Crippen molar-refractivity contribution < 1.29 is 9.53 Å². The summed E-state index contributed by atoms with van der Waals surface area (Å²) in [5, 5.41) is 0. The highest BCUT2D eigenvalue weighted by molar-refractivity contribution is 5.77. The second-order valence-electron chi connectivity index (χ2n) is 5.31. The van der Waals surface area contributed by atoms with Gasteiger partial charge in [-0.1, -0.05) is 39.3 Å². The molecule has 0 aliphatic carbocycles. The van der Waals surface area contributed by atoms with Gasteiger partial charge >= 0.3 is 0 Å².